The molecule has 8 nitrogen and oxygen atoms in total. The minimum Gasteiger partial charge on any atom is -0.467 e. The van der Waals surface area contributed by atoms with E-state index in [0.717, 1.165) is 5.56 Å². The smallest absolute Gasteiger partial charge is 0.239 e. The summed E-state index contributed by atoms with van der Waals surface area (Å²) in [4.78, 5) is 27.8. The lowest BCUT2D eigenvalue weighted by Crippen LogP contribution is -2.36. The molecule has 140 valence electrons. The number of halogens is 1. The van der Waals surface area contributed by atoms with Gasteiger partial charge in [0.15, 0.2) is 0 Å². The van der Waals surface area contributed by atoms with Crippen LogP contribution in [0.5, 0.6) is 0 Å². The van der Waals surface area contributed by atoms with Crippen LogP contribution in [0.25, 0.3) is 11.4 Å². The standard InChI is InChI=1S/C18H17ClN4O4/c19-13-5-3-12(4-6-13)18-22-17(27-23-18)8-7-15(24)21-11-16(25)20-10-14-2-1-9-26-14/h1-6,9H,7-8,10-11H2,(H,20,25)(H,21,24). The highest BCUT2D eigenvalue weighted by atomic mass is 35.5. The van der Waals surface area contributed by atoms with Gasteiger partial charge in [-0.05, 0) is 36.4 Å². The molecule has 0 saturated heterocycles. The van der Waals surface area contributed by atoms with Crippen LogP contribution in [0.3, 0.4) is 0 Å². The zero-order valence-corrected chi connectivity index (χ0v) is 15.0. The molecule has 9 heteroatoms. The molecule has 2 heterocycles. The average Bonchev–Trinajstić information content (AvgIpc) is 3.35. The largest absolute Gasteiger partial charge is 0.467 e. The fraction of sp³-hybridized carbons (Fsp3) is 0.222. The molecule has 27 heavy (non-hydrogen) atoms. The molecule has 0 aliphatic heterocycles. The number of carbonyl (C=O) groups excluding carboxylic acids is 2. The first-order valence-electron chi connectivity index (χ1n) is 8.24. The molecule has 1 aromatic carbocycles. The molecule has 0 bridgehead atoms. The Bertz CT molecular complexity index is 890. The van der Waals surface area contributed by atoms with E-state index in [1.54, 1.807) is 36.4 Å². The normalized spacial score (nSPS) is 10.6. The van der Waals surface area contributed by atoms with Gasteiger partial charge in [0.2, 0.25) is 23.5 Å². The van der Waals surface area contributed by atoms with E-state index >= 15 is 0 Å². The molecule has 3 rings (SSSR count). The van der Waals surface area contributed by atoms with Gasteiger partial charge < -0.3 is 19.6 Å². The summed E-state index contributed by atoms with van der Waals surface area (Å²) < 4.78 is 10.2. The molecular weight excluding hydrogens is 372 g/mol. The molecule has 3 aromatic rings. The molecule has 0 aliphatic carbocycles. The van der Waals surface area contributed by atoms with Crippen molar-refractivity contribution in [1.82, 2.24) is 20.8 Å². The van der Waals surface area contributed by atoms with Crippen molar-refractivity contribution >= 4 is 23.4 Å². The maximum atomic E-state index is 11.9. The summed E-state index contributed by atoms with van der Waals surface area (Å²) in [6, 6.07) is 10.5. The number of aromatic nitrogens is 2. The quantitative estimate of drug-likeness (QED) is 0.612. The van der Waals surface area contributed by atoms with E-state index < -0.39 is 0 Å². The predicted octanol–water partition coefficient (Wildman–Crippen LogP) is 2.35. The second kappa shape index (κ2) is 9.00. The molecule has 0 atom stereocenters. The van der Waals surface area contributed by atoms with Gasteiger partial charge in [-0.1, -0.05) is 16.8 Å². The third kappa shape index (κ3) is 5.68. The average molecular weight is 389 g/mol. The van der Waals surface area contributed by atoms with E-state index in [9.17, 15) is 9.59 Å². The van der Waals surface area contributed by atoms with Crippen molar-refractivity contribution in [2.24, 2.45) is 0 Å². The highest BCUT2D eigenvalue weighted by Gasteiger charge is 2.11. The van der Waals surface area contributed by atoms with Crippen molar-refractivity contribution in [2.45, 2.75) is 19.4 Å². The van der Waals surface area contributed by atoms with E-state index in [1.165, 1.54) is 6.26 Å². The Morgan fingerprint density at radius 1 is 1.07 bits per heavy atom. The fourth-order valence-corrected chi connectivity index (χ4v) is 2.35. The summed E-state index contributed by atoms with van der Waals surface area (Å²) in [5.74, 6) is 0.830. The number of hydrogen-bond donors (Lipinski definition) is 2. The lowest BCUT2D eigenvalue weighted by molar-refractivity contribution is -0.126. The SMILES string of the molecule is O=C(CCc1nc(-c2ccc(Cl)cc2)no1)NCC(=O)NCc1ccco1. The van der Waals surface area contributed by atoms with E-state index in [1.807, 2.05) is 0 Å². The molecule has 0 fully saturated rings. The van der Waals surface area contributed by atoms with Gasteiger partial charge in [0.05, 0.1) is 19.4 Å². The van der Waals surface area contributed by atoms with Gasteiger partial charge >= 0.3 is 0 Å². The molecule has 2 N–H and O–H groups in total. The van der Waals surface area contributed by atoms with Gasteiger partial charge in [0, 0.05) is 23.4 Å². The number of rotatable bonds is 8. The number of amides is 2. The molecule has 0 aliphatic rings. The van der Waals surface area contributed by atoms with Gasteiger partial charge in [-0.2, -0.15) is 4.98 Å². The molecule has 0 unspecified atom stereocenters. The van der Waals surface area contributed by atoms with Crippen LogP contribution in [-0.4, -0.2) is 28.5 Å². The maximum Gasteiger partial charge on any atom is 0.239 e. The van der Waals surface area contributed by atoms with Gasteiger partial charge in [0.1, 0.15) is 5.76 Å². The Morgan fingerprint density at radius 3 is 2.63 bits per heavy atom. The second-order valence-corrected chi connectivity index (χ2v) is 6.09. The van der Waals surface area contributed by atoms with E-state index in [0.29, 0.717) is 22.5 Å². The monoisotopic (exact) mass is 388 g/mol. The Balaban J connectivity index is 1.39. The Labute approximate surface area is 159 Å². The summed E-state index contributed by atoms with van der Waals surface area (Å²) in [5, 5.41) is 9.68. The summed E-state index contributed by atoms with van der Waals surface area (Å²) in [5.41, 5.74) is 0.770. The van der Waals surface area contributed by atoms with Crippen LogP contribution in [0.15, 0.2) is 51.6 Å². The molecule has 0 radical (unpaired) electrons. The number of furan rings is 1. The lowest BCUT2D eigenvalue weighted by atomic mass is 10.2. The number of benzene rings is 1. The van der Waals surface area contributed by atoms with Crippen LogP contribution >= 0.6 is 11.6 Å². The number of hydrogen-bond acceptors (Lipinski definition) is 6. The van der Waals surface area contributed by atoms with Crippen LogP contribution in [0.2, 0.25) is 5.02 Å². The summed E-state index contributed by atoms with van der Waals surface area (Å²) in [7, 11) is 0. The maximum absolute atomic E-state index is 11.9. The number of nitrogens with one attached hydrogen (secondary N) is 2. The first-order valence-corrected chi connectivity index (χ1v) is 8.62. The highest BCUT2D eigenvalue weighted by Crippen LogP contribution is 2.18. The van der Waals surface area contributed by atoms with Gasteiger partial charge in [-0.25, -0.2) is 0 Å². The zero-order valence-electron chi connectivity index (χ0n) is 14.3. The van der Waals surface area contributed by atoms with Crippen molar-refractivity contribution < 1.29 is 18.5 Å². The summed E-state index contributed by atoms with van der Waals surface area (Å²) in [6.45, 7) is 0.163. The number of aryl methyl sites for hydroxylation is 1. The van der Waals surface area contributed by atoms with Crippen molar-refractivity contribution in [2.75, 3.05) is 6.54 Å². The van der Waals surface area contributed by atoms with Crippen molar-refractivity contribution in [3.05, 3.63) is 59.3 Å². The van der Waals surface area contributed by atoms with Gasteiger partial charge in [-0.15, -0.1) is 0 Å². The van der Waals surface area contributed by atoms with Crippen LogP contribution in [0.1, 0.15) is 18.1 Å². The molecule has 0 saturated carbocycles. The van der Waals surface area contributed by atoms with Gasteiger partial charge in [0.25, 0.3) is 0 Å². The minimum absolute atomic E-state index is 0.112. The van der Waals surface area contributed by atoms with Crippen molar-refractivity contribution in [3.63, 3.8) is 0 Å². The van der Waals surface area contributed by atoms with Crippen molar-refractivity contribution in [1.29, 1.82) is 0 Å². The Morgan fingerprint density at radius 2 is 1.89 bits per heavy atom. The van der Waals surface area contributed by atoms with E-state index in [2.05, 4.69) is 20.8 Å². The summed E-state index contributed by atoms with van der Waals surface area (Å²) in [6.07, 6.45) is 1.94. The Kier molecular flexibility index (Phi) is 6.22. The first kappa shape index (κ1) is 18.7. The zero-order chi connectivity index (χ0) is 19.1. The fourth-order valence-electron chi connectivity index (χ4n) is 2.22. The molecule has 2 aromatic heterocycles. The third-order valence-electron chi connectivity index (χ3n) is 3.62. The minimum atomic E-state index is -0.303. The molecular formula is C18H17ClN4O4. The third-order valence-corrected chi connectivity index (χ3v) is 3.87. The summed E-state index contributed by atoms with van der Waals surface area (Å²) >= 11 is 5.84. The topological polar surface area (TPSA) is 110 Å². The predicted molar refractivity (Wildman–Crippen MR) is 96.6 cm³/mol. The Hall–Kier alpha value is -3.13. The first-order chi connectivity index (χ1) is 13.1. The molecule has 2 amide bonds. The van der Waals surface area contributed by atoms with Crippen molar-refractivity contribution in [3.8, 4) is 11.4 Å². The number of nitrogens with zero attached hydrogens (tertiary/aromatic N) is 2. The van der Waals surface area contributed by atoms with Crippen LogP contribution in [0.4, 0.5) is 0 Å². The second-order valence-electron chi connectivity index (χ2n) is 5.65. The van der Waals surface area contributed by atoms with E-state index in [-0.39, 0.29) is 37.7 Å². The van der Waals surface area contributed by atoms with Gasteiger partial charge in [-0.3, -0.25) is 9.59 Å². The van der Waals surface area contributed by atoms with E-state index in [4.69, 9.17) is 20.5 Å². The lowest BCUT2D eigenvalue weighted by Gasteiger charge is -2.05. The van der Waals surface area contributed by atoms with Crippen LogP contribution < -0.4 is 10.6 Å². The molecule has 0 spiro atoms. The van der Waals surface area contributed by atoms with Crippen LogP contribution in [-0.2, 0) is 22.6 Å². The highest BCUT2D eigenvalue weighted by molar-refractivity contribution is 6.30. The van der Waals surface area contributed by atoms with Crippen LogP contribution in [0, 0.1) is 0 Å². The number of carbonyl (C=O) groups is 2.